The molecule has 0 saturated heterocycles. The highest BCUT2D eigenvalue weighted by Gasteiger charge is 2.41. The summed E-state index contributed by atoms with van der Waals surface area (Å²) in [6, 6.07) is 0. The Morgan fingerprint density at radius 2 is 1.71 bits per heavy atom. The lowest BCUT2D eigenvalue weighted by Crippen LogP contribution is -2.52. The van der Waals surface area contributed by atoms with Gasteiger partial charge < -0.3 is 10.8 Å². The predicted molar refractivity (Wildman–Crippen MR) is 73.9 cm³/mol. The normalized spacial score (nSPS) is 22.6. The Bertz CT molecular complexity index is 280. The van der Waals surface area contributed by atoms with E-state index in [4.69, 9.17) is 13.6 Å². The Labute approximate surface area is 107 Å². The van der Waals surface area contributed by atoms with Crippen molar-refractivity contribution in [1.82, 2.24) is 0 Å². The molecule has 0 amide bonds. The molecule has 0 aromatic heterocycles. The van der Waals surface area contributed by atoms with Crippen LogP contribution >= 0.6 is 0 Å². The summed E-state index contributed by atoms with van der Waals surface area (Å²) in [6.45, 7) is 7.00. The van der Waals surface area contributed by atoms with Gasteiger partial charge in [-0.15, -0.1) is 5.47 Å². The SMILES string of the molecule is CC(C)(N)C(C)(C)O.[B]C1=CCC2(CC1)CC2. The maximum Gasteiger partial charge on any atom is 0.107 e. The van der Waals surface area contributed by atoms with E-state index in [9.17, 15) is 5.11 Å². The van der Waals surface area contributed by atoms with Crippen molar-refractivity contribution in [3.8, 4) is 0 Å². The fraction of sp³-hybridized carbons (Fsp3) is 0.857. The molecule has 0 unspecified atom stereocenters. The van der Waals surface area contributed by atoms with Gasteiger partial charge in [-0.25, -0.2) is 0 Å². The van der Waals surface area contributed by atoms with Crippen LogP contribution < -0.4 is 5.73 Å². The average molecular weight is 235 g/mol. The van der Waals surface area contributed by atoms with Crippen LogP contribution in [0.4, 0.5) is 0 Å². The zero-order valence-corrected chi connectivity index (χ0v) is 11.7. The quantitative estimate of drug-likeness (QED) is 0.686. The number of hydrogen-bond donors (Lipinski definition) is 2. The van der Waals surface area contributed by atoms with Gasteiger partial charge in [0.05, 0.1) is 5.60 Å². The molecule has 2 rings (SSSR count). The highest BCUT2D eigenvalue weighted by molar-refractivity contribution is 6.21. The Morgan fingerprint density at radius 3 is 1.94 bits per heavy atom. The van der Waals surface area contributed by atoms with Crippen LogP contribution in [0, 0.1) is 5.41 Å². The number of hydrogen-bond acceptors (Lipinski definition) is 2. The van der Waals surface area contributed by atoms with Gasteiger partial charge in [0.2, 0.25) is 0 Å². The molecule has 1 fully saturated rings. The third-order valence-corrected chi connectivity index (χ3v) is 4.28. The Morgan fingerprint density at radius 1 is 1.24 bits per heavy atom. The molecule has 2 nitrogen and oxygen atoms in total. The van der Waals surface area contributed by atoms with Crippen molar-refractivity contribution in [2.75, 3.05) is 0 Å². The molecule has 96 valence electrons. The molecular formula is C14H26BNO. The van der Waals surface area contributed by atoms with E-state index in [1.54, 1.807) is 27.7 Å². The van der Waals surface area contributed by atoms with Crippen molar-refractivity contribution in [2.45, 2.75) is 70.9 Å². The monoisotopic (exact) mass is 235 g/mol. The van der Waals surface area contributed by atoms with E-state index in [0.29, 0.717) is 0 Å². The molecule has 1 saturated carbocycles. The third-order valence-electron chi connectivity index (χ3n) is 4.28. The van der Waals surface area contributed by atoms with Gasteiger partial charge in [-0.3, -0.25) is 0 Å². The van der Waals surface area contributed by atoms with E-state index in [-0.39, 0.29) is 0 Å². The van der Waals surface area contributed by atoms with E-state index >= 15 is 0 Å². The van der Waals surface area contributed by atoms with Crippen LogP contribution in [0.1, 0.15) is 59.8 Å². The second-order valence-electron chi connectivity index (χ2n) is 6.76. The van der Waals surface area contributed by atoms with E-state index in [2.05, 4.69) is 6.08 Å². The zero-order chi connectivity index (χ0) is 13.3. The minimum Gasteiger partial charge on any atom is -0.389 e. The molecule has 0 bridgehead atoms. The Balaban J connectivity index is 0.000000172. The second-order valence-corrected chi connectivity index (χ2v) is 6.76. The van der Waals surface area contributed by atoms with Gasteiger partial charge in [0.1, 0.15) is 7.85 Å². The Kier molecular flexibility index (Phi) is 4.15. The van der Waals surface area contributed by atoms with Gasteiger partial charge in [-0.05, 0) is 65.2 Å². The summed E-state index contributed by atoms with van der Waals surface area (Å²) in [5.41, 5.74) is 6.14. The molecule has 3 heteroatoms. The summed E-state index contributed by atoms with van der Waals surface area (Å²) in [5.74, 6) is 0. The molecule has 2 radical (unpaired) electrons. The molecule has 0 aromatic rings. The van der Waals surface area contributed by atoms with Gasteiger partial charge in [-0.1, -0.05) is 6.08 Å². The van der Waals surface area contributed by atoms with Crippen LogP contribution in [0.15, 0.2) is 11.5 Å². The number of nitrogens with two attached hydrogens (primary N) is 1. The van der Waals surface area contributed by atoms with Crippen molar-refractivity contribution >= 4 is 7.85 Å². The van der Waals surface area contributed by atoms with Crippen LogP contribution in [-0.4, -0.2) is 24.1 Å². The molecule has 2 aliphatic rings. The topological polar surface area (TPSA) is 46.2 Å². The van der Waals surface area contributed by atoms with Crippen molar-refractivity contribution in [3.05, 3.63) is 11.5 Å². The minimum absolute atomic E-state index is 0.507. The number of allylic oxidation sites excluding steroid dienone is 2. The van der Waals surface area contributed by atoms with Crippen LogP contribution in [0.3, 0.4) is 0 Å². The number of aliphatic hydroxyl groups is 1. The van der Waals surface area contributed by atoms with Crippen LogP contribution in [-0.2, 0) is 0 Å². The van der Waals surface area contributed by atoms with E-state index in [1.807, 2.05) is 0 Å². The minimum atomic E-state index is -0.785. The van der Waals surface area contributed by atoms with Crippen LogP contribution in [0.5, 0.6) is 0 Å². The summed E-state index contributed by atoms with van der Waals surface area (Å²) < 4.78 is 0. The lowest BCUT2D eigenvalue weighted by Gasteiger charge is -2.32. The molecule has 17 heavy (non-hydrogen) atoms. The maximum atomic E-state index is 9.23. The highest BCUT2D eigenvalue weighted by Crippen LogP contribution is 2.55. The lowest BCUT2D eigenvalue weighted by atomic mass is 9.79. The fourth-order valence-electron chi connectivity index (χ4n) is 1.59. The number of rotatable bonds is 1. The fourth-order valence-corrected chi connectivity index (χ4v) is 1.59. The molecular weight excluding hydrogens is 209 g/mol. The van der Waals surface area contributed by atoms with Gasteiger partial charge in [0.15, 0.2) is 0 Å². The first-order valence-corrected chi connectivity index (χ1v) is 6.52. The molecule has 0 heterocycles. The Hall–Kier alpha value is -0.275. The summed E-state index contributed by atoms with van der Waals surface area (Å²) in [7, 11) is 5.64. The summed E-state index contributed by atoms with van der Waals surface area (Å²) >= 11 is 0. The summed E-state index contributed by atoms with van der Waals surface area (Å²) in [4.78, 5) is 0. The van der Waals surface area contributed by atoms with Crippen molar-refractivity contribution in [1.29, 1.82) is 0 Å². The first kappa shape index (κ1) is 14.8. The molecule has 0 atom stereocenters. The van der Waals surface area contributed by atoms with Crippen LogP contribution in [0.2, 0.25) is 0 Å². The van der Waals surface area contributed by atoms with E-state index in [0.717, 1.165) is 17.3 Å². The van der Waals surface area contributed by atoms with Gasteiger partial charge in [0.25, 0.3) is 0 Å². The van der Waals surface area contributed by atoms with Gasteiger partial charge in [-0.2, -0.15) is 0 Å². The third kappa shape index (κ3) is 4.48. The van der Waals surface area contributed by atoms with Gasteiger partial charge >= 0.3 is 0 Å². The maximum absolute atomic E-state index is 9.23. The first-order chi connectivity index (χ1) is 7.56. The predicted octanol–water partition coefficient (Wildman–Crippen LogP) is 2.50. The smallest absolute Gasteiger partial charge is 0.107 e. The molecule has 1 spiro atoms. The zero-order valence-electron chi connectivity index (χ0n) is 11.7. The van der Waals surface area contributed by atoms with E-state index in [1.165, 1.54) is 25.7 Å². The molecule has 2 aliphatic carbocycles. The van der Waals surface area contributed by atoms with Crippen molar-refractivity contribution in [2.24, 2.45) is 11.1 Å². The summed E-state index contributed by atoms with van der Waals surface area (Å²) in [6.07, 6.45) is 8.90. The standard InChI is InChI=1S/C8H11B.C6H15NO/c9-7-1-3-8(4-2-7)5-6-8;1-5(2,7)6(3,4)8/h1H,2-6H2;8H,7H2,1-4H3. The largest absolute Gasteiger partial charge is 0.389 e. The molecule has 0 aromatic carbocycles. The lowest BCUT2D eigenvalue weighted by molar-refractivity contribution is 0.0144. The van der Waals surface area contributed by atoms with Gasteiger partial charge in [0, 0.05) is 5.54 Å². The van der Waals surface area contributed by atoms with E-state index < -0.39 is 11.1 Å². The first-order valence-electron chi connectivity index (χ1n) is 6.52. The average Bonchev–Trinajstić information content (AvgIpc) is 2.89. The second kappa shape index (κ2) is 4.77. The van der Waals surface area contributed by atoms with Crippen LogP contribution in [0.25, 0.3) is 0 Å². The summed E-state index contributed by atoms with van der Waals surface area (Å²) in [5, 5.41) is 9.23. The van der Waals surface area contributed by atoms with Crippen molar-refractivity contribution < 1.29 is 5.11 Å². The molecule has 0 aliphatic heterocycles. The van der Waals surface area contributed by atoms with Crippen molar-refractivity contribution in [3.63, 3.8) is 0 Å². The highest BCUT2D eigenvalue weighted by atomic mass is 16.3. The molecule has 3 N–H and O–H groups in total.